The molecule has 2 fully saturated rings. The highest BCUT2D eigenvalue weighted by molar-refractivity contribution is 5.98. The second-order valence-electron chi connectivity index (χ2n) is 6.68. The van der Waals surface area contributed by atoms with Gasteiger partial charge < -0.3 is 5.32 Å². The average Bonchev–Trinajstić information content (AvgIpc) is 3.01. The summed E-state index contributed by atoms with van der Waals surface area (Å²) in [6.07, 6.45) is 6.16. The molecule has 22 heavy (non-hydrogen) atoms. The van der Waals surface area contributed by atoms with Crippen LogP contribution in [0.3, 0.4) is 0 Å². The van der Waals surface area contributed by atoms with Crippen LogP contribution in [-0.4, -0.2) is 17.9 Å². The maximum absolute atomic E-state index is 11.5. The van der Waals surface area contributed by atoms with Gasteiger partial charge >= 0.3 is 0 Å². The second kappa shape index (κ2) is 6.51. The van der Waals surface area contributed by atoms with Crippen molar-refractivity contribution in [3.05, 3.63) is 29.8 Å². The third-order valence-electron chi connectivity index (χ3n) is 5.03. The van der Waals surface area contributed by atoms with Crippen molar-refractivity contribution in [1.82, 2.24) is 5.32 Å². The van der Waals surface area contributed by atoms with Crippen molar-refractivity contribution >= 4 is 17.5 Å². The van der Waals surface area contributed by atoms with Gasteiger partial charge in [-0.15, -0.1) is 0 Å². The molecule has 0 radical (unpaired) electrons. The first kappa shape index (κ1) is 15.1. The molecule has 1 saturated carbocycles. The zero-order valence-electron chi connectivity index (χ0n) is 13.1. The molecule has 3 rings (SSSR count). The number of amides is 2. The molecule has 0 bridgehead atoms. The third kappa shape index (κ3) is 3.49. The predicted octanol–water partition coefficient (Wildman–Crippen LogP) is 3.20. The Morgan fingerprint density at radius 1 is 1.05 bits per heavy atom. The number of hydrogen-bond acceptors (Lipinski definition) is 3. The highest BCUT2D eigenvalue weighted by Gasteiger charge is 2.26. The van der Waals surface area contributed by atoms with E-state index in [0.717, 1.165) is 17.2 Å². The highest BCUT2D eigenvalue weighted by Crippen LogP contribution is 2.30. The third-order valence-corrected chi connectivity index (χ3v) is 5.03. The first-order valence-corrected chi connectivity index (χ1v) is 8.31. The van der Waals surface area contributed by atoms with Gasteiger partial charge in [0.05, 0.1) is 0 Å². The van der Waals surface area contributed by atoms with Gasteiger partial charge in [0, 0.05) is 30.5 Å². The quantitative estimate of drug-likeness (QED) is 0.840. The normalized spacial score (nSPS) is 21.7. The maximum atomic E-state index is 11.5. The standard InChI is InChI=1S/C18H24N2O2/c1-12(13-4-2-3-5-13)19-16-8-6-14(7-9-16)15-10-17(21)20-18(22)11-15/h6-9,12-13,15,19H,2-5,10-11H2,1H3,(H,20,21,22). The van der Waals surface area contributed by atoms with Gasteiger partial charge in [-0.3, -0.25) is 14.9 Å². The molecule has 1 aromatic carbocycles. The molecule has 1 aliphatic heterocycles. The van der Waals surface area contributed by atoms with Crippen LogP contribution in [0.2, 0.25) is 0 Å². The Labute approximate surface area is 131 Å². The van der Waals surface area contributed by atoms with Crippen molar-refractivity contribution in [2.45, 2.75) is 57.4 Å². The summed E-state index contributed by atoms with van der Waals surface area (Å²) in [6.45, 7) is 2.26. The molecule has 2 N–H and O–H groups in total. The second-order valence-corrected chi connectivity index (χ2v) is 6.68. The summed E-state index contributed by atoms with van der Waals surface area (Å²) in [5, 5.41) is 5.94. The average molecular weight is 300 g/mol. The van der Waals surface area contributed by atoms with Crippen molar-refractivity contribution in [1.29, 1.82) is 0 Å². The predicted molar refractivity (Wildman–Crippen MR) is 86.6 cm³/mol. The Balaban J connectivity index is 1.62. The molecular formula is C18H24N2O2. The number of hydrogen-bond donors (Lipinski definition) is 2. The van der Waals surface area contributed by atoms with Gasteiger partial charge in [0.1, 0.15) is 0 Å². The number of imide groups is 1. The minimum absolute atomic E-state index is 0.0163. The number of carbonyl (C=O) groups is 2. The van der Waals surface area contributed by atoms with Crippen LogP contribution in [0.5, 0.6) is 0 Å². The zero-order valence-corrected chi connectivity index (χ0v) is 13.1. The molecule has 118 valence electrons. The lowest BCUT2D eigenvalue weighted by Gasteiger charge is -2.23. The molecule has 1 unspecified atom stereocenters. The first-order chi connectivity index (χ1) is 10.6. The first-order valence-electron chi connectivity index (χ1n) is 8.31. The summed E-state index contributed by atoms with van der Waals surface area (Å²) in [4.78, 5) is 22.9. The molecule has 1 atom stereocenters. The summed E-state index contributed by atoms with van der Waals surface area (Å²) >= 11 is 0. The fourth-order valence-electron chi connectivity index (χ4n) is 3.70. The van der Waals surface area contributed by atoms with Gasteiger partial charge in [-0.25, -0.2) is 0 Å². The summed E-state index contributed by atoms with van der Waals surface area (Å²) in [7, 11) is 0. The van der Waals surface area contributed by atoms with Crippen LogP contribution in [-0.2, 0) is 9.59 Å². The molecule has 0 spiro atoms. The Morgan fingerprint density at radius 2 is 1.64 bits per heavy atom. The van der Waals surface area contributed by atoms with E-state index >= 15 is 0 Å². The molecule has 0 aromatic heterocycles. The van der Waals surface area contributed by atoms with Crippen LogP contribution in [0.1, 0.15) is 56.9 Å². The summed E-state index contributed by atoms with van der Waals surface area (Å²) in [5.74, 6) is 0.457. The van der Waals surface area contributed by atoms with Gasteiger partial charge in [0.2, 0.25) is 11.8 Å². The topological polar surface area (TPSA) is 58.2 Å². The number of rotatable bonds is 4. The van der Waals surface area contributed by atoms with E-state index < -0.39 is 0 Å². The number of benzene rings is 1. The fourth-order valence-corrected chi connectivity index (χ4v) is 3.70. The Bertz CT molecular complexity index is 531. The van der Waals surface area contributed by atoms with Crippen LogP contribution in [0, 0.1) is 5.92 Å². The SMILES string of the molecule is CC(Nc1ccc(C2CC(=O)NC(=O)C2)cc1)C1CCCC1. The lowest BCUT2D eigenvalue weighted by atomic mass is 9.89. The van der Waals surface area contributed by atoms with Crippen molar-refractivity contribution in [3.8, 4) is 0 Å². The smallest absolute Gasteiger partial charge is 0.227 e. The maximum Gasteiger partial charge on any atom is 0.227 e. The summed E-state index contributed by atoms with van der Waals surface area (Å²) in [6, 6.07) is 8.71. The number of anilines is 1. The minimum Gasteiger partial charge on any atom is -0.382 e. The molecule has 2 aliphatic rings. The van der Waals surface area contributed by atoms with Crippen LogP contribution >= 0.6 is 0 Å². The summed E-state index contributed by atoms with van der Waals surface area (Å²) < 4.78 is 0. The largest absolute Gasteiger partial charge is 0.382 e. The Morgan fingerprint density at radius 3 is 2.23 bits per heavy atom. The summed E-state index contributed by atoms with van der Waals surface area (Å²) in [5.41, 5.74) is 2.19. The minimum atomic E-state index is -0.168. The molecule has 4 heteroatoms. The van der Waals surface area contributed by atoms with Gasteiger partial charge in [0.15, 0.2) is 0 Å². The zero-order chi connectivity index (χ0) is 15.5. The van der Waals surface area contributed by atoms with Gasteiger partial charge in [-0.2, -0.15) is 0 Å². The van der Waals surface area contributed by atoms with E-state index in [1.165, 1.54) is 25.7 Å². The van der Waals surface area contributed by atoms with E-state index in [-0.39, 0.29) is 17.7 Å². The van der Waals surface area contributed by atoms with Crippen molar-refractivity contribution in [2.24, 2.45) is 5.92 Å². The van der Waals surface area contributed by atoms with E-state index in [1.807, 2.05) is 12.1 Å². The van der Waals surface area contributed by atoms with E-state index in [2.05, 4.69) is 29.7 Å². The highest BCUT2D eigenvalue weighted by atomic mass is 16.2. The van der Waals surface area contributed by atoms with E-state index in [1.54, 1.807) is 0 Å². The van der Waals surface area contributed by atoms with Crippen molar-refractivity contribution in [2.75, 3.05) is 5.32 Å². The molecule has 4 nitrogen and oxygen atoms in total. The Hall–Kier alpha value is -1.84. The molecule has 1 aromatic rings. The van der Waals surface area contributed by atoms with E-state index in [4.69, 9.17) is 0 Å². The van der Waals surface area contributed by atoms with E-state index in [0.29, 0.717) is 18.9 Å². The number of piperidine rings is 1. The lowest BCUT2D eigenvalue weighted by molar-refractivity contribution is -0.133. The molecule has 1 heterocycles. The van der Waals surface area contributed by atoms with Crippen LogP contribution in [0.25, 0.3) is 0 Å². The van der Waals surface area contributed by atoms with Gasteiger partial charge in [-0.05, 0) is 43.4 Å². The van der Waals surface area contributed by atoms with Crippen molar-refractivity contribution < 1.29 is 9.59 Å². The Kier molecular flexibility index (Phi) is 4.46. The van der Waals surface area contributed by atoms with Crippen LogP contribution < -0.4 is 10.6 Å². The lowest BCUT2D eigenvalue weighted by Crippen LogP contribution is -2.37. The van der Waals surface area contributed by atoms with Crippen LogP contribution in [0.4, 0.5) is 5.69 Å². The van der Waals surface area contributed by atoms with Gasteiger partial charge in [-0.1, -0.05) is 25.0 Å². The number of carbonyl (C=O) groups excluding carboxylic acids is 2. The van der Waals surface area contributed by atoms with Gasteiger partial charge in [0.25, 0.3) is 0 Å². The molecule has 2 amide bonds. The fraction of sp³-hybridized carbons (Fsp3) is 0.556. The number of nitrogens with one attached hydrogen (secondary N) is 2. The monoisotopic (exact) mass is 300 g/mol. The van der Waals surface area contributed by atoms with Crippen LogP contribution in [0.15, 0.2) is 24.3 Å². The van der Waals surface area contributed by atoms with Crippen molar-refractivity contribution in [3.63, 3.8) is 0 Å². The molecule has 1 saturated heterocycles. The molecular weight excluding hydrogens is 276 g/mol. The van der Waals surface area contributed by atoms with E-state index in [9.17, 15) is 9.59 Å². The molecule has 1 aliphatic carbocycles.